The van der Waals surface area contributed by atoms with Crippen LogP contribution in [0.1, 0.15) is 17.5 Å². The first-order valence-corrected chi connectivity index (χ1v) is 10.3. The smallest absolute Gasteiger partial charge is 0.125 e. The summed E-state index contributed by atoms with van der Waals surface area (Å²) < 4.78 is 0. The van der Waals surface area contributed by atoms with Gasteiger partial charge in [-0.15, -0.1) is 0 Å². The van der Waals surface area contributed by atoms with Crippen molar-refractivity contribution < 1.29 is 5.11 Å². The van der Waals surface area contributed by atoms with E-state index in [4.69, 9.17) is 11.6 Å². The Labute approximate surface area is 173 Å². The lowest BCUT2D eigenvalue weighted by atomic mass is 10.2. The molecule has 1 unspecified atom stereocenters. The van der Waals surface area contributed by atoms with Crippen LogP contribution in [0.5, 0.6) is 0 Å². The monoisotopic (exact) mass is 399 g/mol. The van der Waals surface area contributed by atoms with Crippen LogP contribution in [0.15, 0.2) is 54.6 Å². The summed E-state index contributed by atoms with van der Waals surface area (Å²) in [7, 11) is 0. The summed E-state index contributed by atoms with van der Waals surface area (Å²) in [5.41, 5.74) is 3.31. The number of halogens is 1. The molecule has 2 aromatic carbocycles. The van der Waals surface area contributed by atoms with Crippen LogP contribution >= 0.6 is 11.6 Å². The number of benzene rings is 2. The Kier molecular flexibility index (Phi) is 7.92. The molecule has 2 N–H and O–H groups in total. The minimum atomic E-state index is -0.513. The van der Waals surface area contributed by atoms with Crippen molar-refractivity contribution >= 4 is 23.4 Å². The van der Waals surface area contributed by atoms with E-state index in [0.29, 0.717) is 0 Å². The van der Waals surface area contributed by atoms with Crippen LogP contribution in [0.3, 0.4) is 0 Å². The predicted octanol–water partition coefficient (Wildman–Crippen LogP) is 4.10. The standard InChI is InChI=1S/C23H30ClN3O/c1-19-5-2-9-22(17-19)25-23(28)10-12-27-15-13-26(14-16-27)11-4-7-20-6-3-8-21(24)18-20/h2-9,17-18,23,25,28H,10-16H2,1H3/b7-4+. The quantitative estimate of drug-likeness (QED) is 0.655. The molecule has 1 aliphatic heterocycles. The van der Waals surface area contributed by atoms with Crippen LogP contribution in [-0.4, -0.2) is 60.4 Å². The van der Waals surface area contributed by atoms with Crippen molar-refractivity contribution in [3.63, 3.8) is 0 Å². The lowest BCUT2D eigenvalue weighted by Crippen LogP contribution is -2.47. The minimum Gasteiger partial charge on any atom is -0.374 e. The summed E-state index contributed by atoms with van der Waals surface area (Å²) in [5, 5.41) is 14.2. The number of aliphatic hydroxyl groups excluding tert-OH is 1. The number of aliphatic hydroxyl groups is 1. The van der Waals surface area contributed by atoms with Gasteiger partial charge in [0.2, 0.25) is 0 Å². The van der Waals surface area contributed by atoms with Gasteiger partial charge in [-0.05, 0) is 42.3 Å². The topological polar surface area (TPSA) is 38.7 Å². The van der Waals surface area contributed by atoms with Crippen LogP contribution in [-0.2, 0) is 0 Å². The molecule has 4 nitrogen and oxygen atoms in total. The Hall–Kier alpha value is -1.85. The van der Waals surface area contributed by atoms with Crippen LogP contribution in [0.25, 0.3) is 6.08 Å². The normalized spacial score (nSPS) is 17.1. The van der Waals surface area contributed by atoms with E-state index >= 15 is 0 Å². The zero-order valence-electron chi connectivity index (χ0n) is 16.5. The zero-order chi connectivity index (χ0) is 19.8. The third-order valence-electron chi connectivity index (χ3n) is 5.06. The molecule has 150 valence electrons. The first-order valence-electron chi connectivity index (χ1n) is 9.96. The number of hydrogen-bond donors (Lipinski definition) is 2. The Bertz CT molecular complexity index is 772. The van der Waals surface area contributed by atoms with Gasteiger partial charge in [0, 0.05) is 56.4 Å². The fourth-order valence-electron chi connectivity index (χ4n) is 3.45. The van der Waals surface area contributed by atoms with Crippen LogP contribution < -0.4 is 5.32 Å². The molecule has 0 radical (unpaired) electrons. The fourth-order valence-corrected chi connectivity index (χ4v) is 3.65. The third kappa shape index (κ3) is 6.95. The number of piperazine rings is 1. The highest BCUT2D eigenvalue weighted by molar-refractivity contribution is 6.30. The molecular weight excluding hydrogens is 370 g/mol. The van der Waals surface area contributed by atoms with Crippen molar-refractivity contribution in [1.82, 2.24) is 9.80 Å². The number of aryl methyl sites for hydroxylation is 1. The second-order valence-corrected chi connectivity index (χ2v) is 7.85. The Morgan fingerprint density at radius 3 is 2.57 bits per heavy atom. The number of nitrogens with one attached hydrogen (secondary N) is 1. The molecule has 2 aromatic rings. The maximum Gasteiger partial charge on any atom is 0.125 e. The van der Waals surface area contributed by atoms with Crippen molar-refractivity contribution in [3.8, 4) is 0 Å². The van der Waals surface area contributed by atoms with Gasteiger partial charge in [-0.25, -0.2) is 0 Å². The van der Waals surface area contributed by atoms with E-state index in [1.807, 2.05) is 30.3 Å². The van der Waals surface area contributed by atoms with E-state index in [1.165, 1.54) is 5.56 Å². The molecule has 0 spiro atoms. The number of anilines is 1. The van der Waals surface area contributed by atoms with Crippen LogP contribution in [0, 0.1) is 6.92 Å². The molecule has 0 amide bonds. The molecule has 0 saturated carbocycles. The fraction of sp³-hybridized carbons (Fsp3) is 0.391. The summed E-state index contributed by atoms with van der Waals surface area (Å²) in [6.07, 6.45) is 4.55. The van der Waals surface area contributed by atoms with E-state index in [9.17, 15) is 5.11 Å². The van der Waals surface area contributed by atoms with E-state index in [2.05, 4.69) is 52.4 Å². The summed E-state index contributed by atoms with van der Waals surface area (Å²) in [6, 6.07) is 16.0. The first kappa shape index (κ1) is 20.9. The maximum atomic E-state index is 10.3. The van der Waals surface area contributed by atoms with Crippen molar-refractivity contribution in [3.05, 3.63) is 70.8 Å². The van der Waals surface area contributed by atoms with Gasteiger partial charge in [-0.1, -0.05) is 48.0 Å². The molecule has 1 aliphatic rings. The molecule has 5 heteroatoms. The molecule has 1 fully saturated rings. The van der Waals surface area contributed by atoms with Gasteiger partial charge >= 0.3 is 0 Å². The summed E-state index contributed by atoms with van der Waals surface area (Å²) in [4.78, 5) is 4.89. The summed E-state index contributed by atoms with van der Waals surface area (Å²) in [6.45, 7) is 8.12. The lowest BCUT2D eigenvalue weighted by Gasteiger charge is -2.34. The zero-order valence-corrected chi connectivity index (χ0v) is 17.3. The molecule has 0 aliphatic carbocycles. The van der Waals surface area contributed by atoms with Gasteiger partial charge < -0.3 is 15.3 Å². The molecule has 0 bridgehead atoms. The molecule has 3 rings (SSSR count). The highest BCUT2D eigenvalue weighted by Crippen LogP contribution is 2.13. The molecule has 1 atom stereocenters. The number of nitrogens with zero attached hydrogens (tertiary/aromatic N) is 2. The third-order valence-corrected chi connectivity index (χ3v) is 5.29. The Morgan fingerprint density at radius 2 is 1.82 bits per heavy atom. The van der Waals surface area contributed by atoms with E-state index in [1.54, 1.807) is 0 Å². The Morgan fingerprint density at radius 1 is 1.07 bits per heavy atom. The highest BCUT2D eigenvalue weighted by Gasteiger charge is 2.16. The molecule has 28 heavy (non-hydrogen) atoms. The van der Waals surface area contributed by atoms with E-state index in [-0.39, 0.29) is 0 Å². The average Bonchev–Trinajstić information content (AvgIpc) is 2.67. The SMILES string of the molecule is Cc1cccc(NC(O)CCN2CCN(C/C=C/c3cccc(Cl)c3)CC2)c1. The molecule has 1 saturated heterocycles. The number of hydrogen-bond acceptors (Lipinski definition) is 4. The number of rotatable bonds is 8. The molecule has 0 aromatic heterocycles. The first-order chi connectivity index (χ1) is 13.6. The minimum absolute atomic E-state index is 0.513. The van der Waals surface area contributed by atoms with E-state index in [0.717, 1.165) is 62.0 Å². The molecular formula is C23H30ClN3O. The van der Waals surface area contributed by atoms with Crippen molar-refractivity contribution in [2.75, 3.05) is 44.6 Å². The van der Waals surface area contributed by atoms with Gasteiger partial charge in [0.05, 0.1) is 0 Å². The van der Waals surface area contributed by atoms with Gasteiger partial charge in [-0.2, -0.15) is 0 Å². The van der Waals surface area contributed by atoms with E-state index < -0.39 is 6.23 Å². The van der Waals surface area contributed by atoms with Crippen molar-refractivity contribution in [2.45, 2.75) is 19.6 Å². The summed E-state index contributed by atoms with van der Waals surface area (Å²) in [5.74, 6) is 0. The maximum absolute atomic E-state index is 10.3. The molecule has 1 heterocycles. The van der Waals surface area contributed by atoms with Crippen LogP contribution in [0.4, 0.5) is 5.69 Å². The van der Waals surface area contributed by atoms with Crippen LogP contribution in [0.2, 0.25) is 5.02 Å². The second-order valence-electron chi connectivity index (χ2n) is 7.42. The van der Waals surface area contributed by atoms with Gasteiger partial charge in [0.1, 0.15) is 6.23 Å². The van der Waals surface area contributed by atoms with Gasteiger partial charge in [0.25, 0.3) is 0 Å². The lowest BCUT2D eigenvalue weighted by molar-refractivity contribution is 0.117. The van der Waals surface area contributed by atoms with Crippen molar-refractivity contribution in [2.24, 2.45) is 0 Å². The predicted molar refractivity (Wildman–Crippen MR) is 119 cm³/mol. The Balaban J connectivity index is 1.33. The van der Waals surface area contributed by atoms with Gasteiger partial charge in [-0.3, -0.25) is 4.90 Å². The highest BCUT2D eigenvalue weighted by atomic mass is 35.5. The van der Waals surface area contributed by atoms with Crippen molar-refractivity contribution in [1.29, 1.82) is 0 Å². The largest absolute Gasteiger partial charge is 0.374 e. The van der Waals surface area contributed by atoms with Gasteiger partial charge in [0.15, 0.2) is 0 Å². The average molecular weight is 400 g/mol. The summed E-state index contributed by atoms with van der Waals surface area (Å²) >= 11 is 6.02. The second kappa shape index (κ2) is 10.6.